The predicted octanol–water partition coefficient (Wildman–Crippen LogP) is -0.280. The zero-order chi connectivity index (χ0) is 12.0. The fourth-order valence-electron chi connectivity index (χ4n) is 0.986. The highest BCUT2D eigenvalue weighted by atomic mass is 35.5. The number of hydrogen-bond donors (Lipinski definition) is 3. The third-order valence-electron chi connectivity index (χ3n) is 1.93. The van der Waals surface area contributed by atoms with Crippen LogP contribution >= 0.6 is 11.6 Å². The number of imide groups is 1. The summed E-state index contributed by atoms with van der Waals surface area (Å²) in [6, 6.07) is -0.420. The van der Waals surface area contributed by atoms with Crippen LogP contribution in [0, 0.1) is 0 Å². The van der Waals surface area contributed by atoms with Crippen LogP contribution in [0.25, 0.3) is 0 Å². The van der Waals surface area contributed by atoms with Gasteiger partial charge in [-0.1, -0.05) is 0 Å². The van der Waals surface area contributed by atoms with Gasteiger partial charge in [0.25, 0.3) is 0 Å². The molecule has 0 radical (unpaired) electrons. The lowest BCUT2D eigenvalue weighted by Crippen LogP contribution is -2.44. The molecule has 1 fully saturated rings. The van der Waals surface area contributed by atoms with Crippen molar-refractivity contribution in [2.24, 2.45) is 0 Å². The van der Waals surface area contributed by atoms with Crippen molar-refractivity contribution in [3.8, 4) is 0 Å². The van der Waals surface area contributed by atoms with Crippen LogP contribution < -0.4 is 16.0 Å². The molecule has 0 unspecified atom stereocenters. The highest BCUT2D eigenvalue weighted by Gasteiger charge is 2.23. The van der Waals surface area contributed by atoms with Gasteiger partial charge in [-0.3, -0.25) is 14.9 Å². The van der Waals surface area contributed by atoms with Crippen LogP contribution in [0.15, 0.2) is 0 Å². The molecular formula is C9H14ClN3O3. The van der Waals surface area contributed by atoms with Crippen molar-refractivity contribution in [2.75, 3.05) is 12.4 Å². The molecule has 4 amide bonds. The molecule has 3 N–H and O–H groups in total. The van der Waals surface area contributed by atoms with E-state index in [1.807, 2.05) is 0 Å². The van der Waals surface area contributed by atoms with Gasteiger partial charge in [-0.25, -0.2) is 4.79 Å². The number of urea groups is 1. The second kappa shape index (κ2) is 6.32. The summed E-state index contributed by atoms with van der Waals surface area (Å²) in [5.74, 6) is -0.557. The van der Waals surface area contributed by atoms with Gasteiger partial charge in [0, 0.05) is 18.3 Å². The molecule has 7 heteroatoms. The summed E-state index contributed by atoms with van der Waals surface area (Å²) in [4.78, 5) is 33.1. The first kappa shape index (κ1) is 12.8. The molecule has 0 saturated heterocycles. The Labute approximate surface area is 98.1 Å². The molecule has 0 aliphatic heterocycles. The number of alkyl halides is 1. The van der Waals surface area contributed by atoms with Crippen LogP contribution in [0.5, 0.6) is 0 Å². The van der Waals surface area contributed by atoms with Crippen LogP contribution in [0.4, 0.5) is 4.79 Å². The number of nitrogens with one attached hydrogen (secondary N) is 3. The second-order valence-electron chi connectivity index (χ2n) is 3.51. The van der Waals surface area contributed by atoms with Crippen molar-refractivity contribution >= 4 is 29.4 Å². The Morgan fingerprint density at radius 2 is 1.88 bits per heavy atom. The minimum Gasteiger partial charge on any atom is -0.352 e. The Bertz CT molecular complexity index is 292. The van der Waals surface area contributed by atoms with Crippen LogP contribution in [0.1, 0.15) is 19.3 Å². The smallest absolute Gasteiger partial charge is 0.321 e. The van der Waals surface area contributed by atoms with E-state index in [1.165, 1.54) is 0 Å². The van der Waals surface area contributed by atoms with E-state index in [1.54, 1.807) is 0 Å². The van der Waals surface area contributed by atoms with E-state index in [-0.39, 0.29) is 30.8 Å². The summed E-state index contributed by atoms with van der Waals surface area (Å²) >= 11 is 5.31. The number of amides is 4. The van der Waals surface area contributed by atoms with Gasteiger partial charge < -0.3 is 10.6 Å². The number of hydrogen-bond acceptors (Lipinski definition) is 3. The first-order chi connectivity index (χ1) is 7.61. The molecule has 1 saturated carbocycles. The van der Waals surface area contributed by atoms with E-state index >= 15 is 0 Å². The average Bonchev–Trinajstić information content (AvgIpc) is 2.99. The predicted molar refractivity (Wildman–Crippen MR) is 58.0 cm³/mol. The Morgan fingerprint density at radius 1 is 1.19 bits per heavy atom. The van der Waals surface area contributed by atoms with Crippen molar-refractivity contribution in [1.82, 2.24) is 16.0 Å². The molecule has 0 heterocycles. The average molecular weight is 248 g/mol. The molecule has 1 rings (SSSR count). The summed E-state index contributed by atoms with van der Waals surface area (Å²) in [5.41, 5.74) is 0. The van der Waals surface area contributed by atoms with Gasteiger partial charge in [-0.2, -0.15) is 0 Å². The van der Waals surface area contributed by atoms with Crippen molar-refractivity contribution in [2.45, 2.75) is 25.3 Å². The van der Waals surface area contributed by atoms with Crippen LogP contribution in [0.3, 0.4) is 0 Å². The molecule has 6 nitrogen and oxygen atoms in total. The lowest BCUT2D eigenvalue weighted by atomic mass is 10.4. The number of carbonyl (C=O) groups is 3. The Hall–Kier alpha value is -1.30. The zero-order valence-corrected chi connectivity index (χ0v) is 9.47. The first-order valence-electron chi connectivity index (χ1n) is 5.05. The van der Waals surface area contributed by atoms with Gasteiger partial charge in [0.1, 0.15) is 0 Å². The minimum atomic E-state index is -0.680. The van der Waals surface area contributed by atoms with E-state index in [2.05, 4.69) is 16.0 Å². The molecule has 1 aliphatic carbocycles. The molecule has 0 atom stereocenters. The van der Waals surface area contributed by atoms with Crippen molar-refractivity contribution < 1.29 is 14.4 Å². The Balaban J connectivity index is 2.08. The van der Waals surface area contributed by atoms with E-state index < -0.39 is 11.9 Å². The topological polar surface area (TPSA) is 87.3 Å². The number of rotatable bonds is 5. The van der Waals surface area contributed by atoms with Crippen molar-refractivity contribution in [3.05, 3.63) is 0 Å². The summed E-state index contributed by atoms with van der Waals surface area (Å²) in [5, 5.41) is 7.03. The van der Waals surface area contributed by atoms with E-state index in [0.717, 1.165) is 12.8 Å². The Kier molecular flexibility index (Phi) is 5.04. The van der Waals surface area contributed by atoms with Gasteiger partial charge in [0.2, 0.25) is 11.8 Å². The van der Waals surface area contributed by atoms with Crippen LogP contribution in [-0.4, -0.2) is 36.3 Å². The monoisotopic (exact) mass is 247 g/mol. The maximum atomic E-state index is 11.1. The molecule has 0 aromatic rings. The third-order valence-corrected chi connectivity index (χ3v) is 2.12. The third kappa shape index (κ3) is 5.55. The van der Waals surface area contributed by atoms with Gasteiger partial charge in [0.05, 0.1) is 6.54 Å². The van der Waals surface area contributed by atoms with Gasteiger partial charge in [-0.15, -0.1) is 11.6 Å². The summed E-state index contributed by atoms with van der Waals surface area (Å²) in [6.45, 7) is -0.128. The van der Waals surface area contributed by atoms with Crippen molar-refractivity contribution in [3.63, 3.8) is 0 Å². The lowest BCUT2D eigenvalue weighted by molar-refractivity contribution is -0.121. The zero-order valence-electron chi connectivity index (χ0n) is 8.72. The van der Waals surface area contributed by atoms with Gasteiger partial charge in [-0.05, 0) is 12.8 Å². The summed E-state index contributed by atoms with van der Waals surface area (Å²) in [7, 11) is 0. The molecule has 0 bridgehead atoms. The van der Waals surface area contributed by atoms with Crippen LogP contribution in [-0.2, 0) is 9.59 Å². The van der Waals surface area contributed by atoms with Gasteiger partial charge in [0.15, 0.2) is 0 Å². The van der Waals surface area contributed by atoms with E-state index in [0.29, 0.717) is 0 Å². The van der Waals surface area contributed by atoms with E-state index in [9.17, 15) is 14.4 Å². The normalized spacial score (nSPS) is 14.1. The first-order valence-corrected chi connectivity index (χ1v) is 5.58. The SMILES string of the molecule is O=C(CCCl)NC(=O)NCC(=O)NC1CC1. The molecule has 90 valence electrons. The number of halogens is 1. The molecule has 0 spiro atoms. The van der Waals surface area contributed by atoms with Crippen LogP contribution in [0.2, 0.25) is 0 Å². The number of carbonyl (C=O) groups excluding carboxylic acids is 3. The van der Waals surface area contributed by atoms with E-state index in [4.69, 9.17) is 11.6 Å². The molecule has 16 heavy (non-hydrogen) atoms. The quantitative estimate of drug-likeness (QED) is 0.584. The fraction of sp³-hybridized carbons (Fsp3) is 0.667. The maximum Gasteiger partial charge on any atom is 0.321 e. The lowest BCUT2D eigenvalue weighted by Gasteiger charge is -2.06. The highest BCUT2D eigenvalue weighted by Crippen LogP contribution is 2.17. The standard InChI is InChI=1S/C9H14ClN3O3/c10-4-3-7(14)13-9(16)11-5-8(15)12-6-1-2-6/h6H,1-5H2,(H,12,15)(H2,11,13,14,16). The molecule has 0 aromatic heterocycles. The fourth-order valence-corrected chi connectivity index (χ4v) is 1.16. The van der Waals surface area contributed by atoms with Crippen molar-refractivity contribution in [1.29, 1.82) is 0 Å². The molecular weight excluding hydrogens is 234 g/mol. The molecule has 0 aromatic carbocycles. The minimum absolute atomic E-state index is 0.0727. The largest absolute Gasteiger partial charge is 0.352 e. The molecule has 1 aliphatic rings. The summed E-state index contributed by atoms with van der Waals surface area (Å²) < 4.78 is 0. The Morgan fingerprint density at radius 3 is 2.44 bits per heavy atom. The van der Waals surface area contributed by atoms with Gasteiger partial charge >= 0.3 is 6.03 Å². The highest BCUT2D eigenvalue weighted by molar-refractivity contribution is 6.19. The summed E-state index contributed by atoms with van der Waals surface area (Å²) in [6.07, 6.45) is 2.06. The second-order valence-corrected chi connectivity index (χ2v) is 3.89. The maximum absolute atomic E-state index is 11.1.